The summed E-state index contributed by atoms with van der Waals surface area (Å²) in [4.78, 5) is 15.6. The molecule has 0 unspecified atom stereocenters. The maximum atomic E-state index is 10.9. The number of hydrogen-bond donors (Lipinski definition) is 3. The number of nitrogens with two attached hydrogens (primary N) is 1. The monoisotopic (exact) mass is 279 g/mol. The van der Waals surface area contributed by atoms with E-state index in [9.17, 15) is 10.1 Å². The summed E-state index contributed by atoms with van der Waals surface area (Å²) >= 11 is 1.59. The standard InChI is InChI=1S/C11H13N5O2S/c1-7-4-5-19-9(7)6-13-11-8(16(17)18)2-3-10(14-11)15-12/h2-5H,6,12H2,1H3,(H2,13,14,15). The van der Waals surface area contributed by atoms with Gasteiger partial charge in [0.05, 0.1) is 11.5 Å². The molecule has 2 rings (SSSR count). The molecule has 4 N–H and O–H groups in total. The van der Waals surface area contributed by atoms with Crippen molar-refractivity contribution in [3.8, 4) is 0 Å². The van der Waals surface area contributed by atoms with Gasteiger partial charge in [-0.3, -0.25) is 10.1 Å². The second-order valence-corrected chi connectivity index (χ2v) is 4.85. The van der Waals surface area contributed by atoms with Crippen molar-refractivity contribution in [3.05, 3.63) is 44.1 Å². The fraction of sp³-hybridized carbons (Fsp3) is 0.182. The molecule has 19 heavy (non-hydrogen) atoms. The highest BCUT2D eigenvalue weighted by atomic mass is 32.1. The van der Waals surface area contributed by atoms with Crippen molar-refractivity contribution in [2.45, 2.75) is 13.5 Å². The number of nitrogens with one attached hydrogen (secondary N) is 2. The molecule has 2 aromatic heterocycles. The summed E-state index contributed by atoms with van der Waals surface area (Å²) in [6.45, 7) is 2.48. The van der Waals surface area contributed by atoms with E-state index >= 15 is 0 Å². The van der Waals surface area contributed by atoms with Crippen LogP contribution in [-0.2, 0) is 6.54 Å². The van der Waals surface area contributed by atoms with Gasteiger partial charge in [-0.15, -0.1) is 11.3 Å². The van der Waals surface area contributed by atoms with Crippen molar-refractivity contribution < 1.29 is 4.92 Å². The van der Waals surface area contributed by atoms with Crippen LogP contribution in [0.15, 0.2) is 23.6 Å². The van der Waals surface area contributed by atoms with Crippen LogP contribution in [0.2, 0.25) is 0 Å². The van der Waals surface area contributed by atoms with Crippen molar-refractivity contribution in [1.29, 1.82) is 0 Å². The molecule has 0 aliphatic heterocycles. The summed E-state index contributed by atoms with van der Waals surface area (Å²) in [5, 5.41) is 15.9. The summed E-state index contributed by atoms with van der Waals surface area (Å²) in [5.74, 6) is 5.83. The molecule has 100 valence electrons. The number of aryl methyl sites for hydroxylation is 1. The first-order valence-electron chi connectivity index (χ1n) is 5.50. The van der Waals surface area contributed by atoms with E-state index in [2.05, 4.69) is 15.7 Å². The van der Waals surface area contributed by atoms with Crippen molar-refractivity contribution in [1.82, 2.24) is 4.98 Å². The second-order valence-electron chi connectivity index (χ2n) is 3.85. The van der Waals surface area contributed by atoms with Gasteiger partial charge in [-0.05, 0) is 30.0 Å². The Morgan fingerprint density at radius 1 is 1.47 bits per heavy atom. The number of aromatic nitrogens is 1. The van der Waals surface area contributed by atoms with Crippen LogP contribution < -0.4 is 16.6 Å². The average molecular weight is 279 g/mol. The van der Waals surface area contributed by atoms with Gasteiger partial charge in [-0.2, -0.15) is 0 Å². The Morgan fingerprint density at radius 2 is 2.26 bits per heavy atom. The molecule has 2 aromatic rings. The van der Waals surface area contributed by atoms with E-state index in [1.165, 1.54) is 12.1 Å². The van der Waals surface area contributed by atoms with Crippen LogP contribution >= 0.6 is 11.3 Å². The molecule has 0 atom stereocenters. The van der Waals surface area contributed by atoms with E-state index in [0.717, 1.165) is 10.4 Å². The number of hydrazine groups is 1. The van der Waals surface area contributed by atoms with Gasteiger partial charge in [-0.25, -0.2) is 10.8 Å². The molecule has 0 aliphatic rings. The smallest absolute Gasteiger partial charge is 0.311 e. The first-order valence-corrected chi connectivity index (χ1v) is 6.38. The first-order chi connectivity index (χ1) is 9.11. The number of rotatable bonds is 5. The van der Waals surface area contributed by atoms with Crippen molar-refractivity contribution in [2.75, 3.05) is 10.7 Å². The third-order valence-electron chi connectivity index (χ3n) is 2.60. The van der Waals surface area contributed by atoms with E-state index in [-0.39, 0.29) is 11.5 Å². The quantitative estimate of drug-likeness (QED) is 0.440. The lowest BCUT2D eigenvalue weighted by Gasteiger charge is -2.07. The van der Waals surface area contributed by atoms with Crippen LogP contribution in [0.4, 0.5) is 17.3 Å². The maximum Gasteiger partial charge on any atom is 0.311 e. The second kappa shape index (κ2) is 5.63. The van der Waals surface area contributed by atoms with Crippen molar-refractivity contribution >= 4 is 28.7 Å². The molecule has 8 heteroatoms. The van der Waals surface area contributed by atoms with Gasteiger partial charge in [0.1, 0.15) is 5.82 Å². The van der Waals surface area contributed by atoms with Crippen LogP contribution in [0.5, 0.6) is 0 Å². The molecule has 0 saturated carbocycles. The summed E-state index contributed by atoms with van der Waals surface area (Å²) in [5.41, 5.74) is 3.44. The van der Waals surface area contributed by atoms with Gasteiger partial charge < -0.3 is 10.7 Å². The minimum Gasteiger partial charge on any atom is -0.359 e. The molecule has 0 bridgehead atoms. The fourth-order valence-electron chi connectivity index (χ4n) is 1.56. The van der Waals surface area contributed by atoms with Crippen molar-refractivity contribution in [2.24, 2.45) is 5.84 Å². The third-order valence-corrected chi connectivity index (χ3v) is 3.63. The summed E-state index contributed by atoms with van der Waals surface area (Å²) < 4.78 is 0. The van der Waals surface area contributed by atoms with Gasteiger partial charge >= 0.3 is 5.69 Å². The zero-order valence-corrected chi connectivity index (χ0v) is 11.0. The third kappa shape index (κ3) is 2.98. The largest absolute Gasteiger partial charge is 0.359 e. The van der Waals surface area contributed by atoms with Gasteiger partial charge in [0.25, 0.3) is 0 Å². The van der Waals surface area contributed by atoms with Crippen LogP contribution in [0.25, 0.3) is 0 Å². The molecule has 0 saturated heterocycles. The number of hydrogen-bond acceptors (Lipinski definition) is 7. The SMILES string of the molecule is Cc1ccsc1CNc1nc(NN)ccc1[N+](=O)[O-]. The van der Waals surface area contributed by atoms with Gasteiger partial charge in [-0.1, -0.05) is 0 Å². The number of anilines is 2. The van der Waals surface area contributed by atoms with Crippen LogP contribution in [-0.4, -0.2) is 9.91 Å². The lowest BCUT2D eigenvalue weighted by Crippen LogP contribution is -2.11. The number of thiophene rings is 1. The van der Waals surface area contributed by atoms with E-state index in [4.69, 9.17) is 5.84 Å². The van der Waals surface area contributed by atoms with E-state index in [0.29, 0.717) is 12.4 Å². The normalized spacial score (nSPS) is 10.2. The summed E-state index contributed by atoms with van der Waals surface area (Å²) in [6.07, 6.45) is 0. The zero-order chi connectivity index (χ0) is 13.8. The Balaban J connectivity index is 2.22. The summed E-state index contributed by atoms with van der Waals surface area (Å²) in [7, 11) is 0. The minimum absolute atomic E-state index is 0.0757. The summed E-state index contributed by atoms with van der Waals surface area (Å²) in [6, 6.07) is 4.83. The molecule has 7 nitrogen and oxygen atoms in total. The predicted molar refractivity (Wildman–Crippen MR) is 75.1 cm³/mol. The van der Waals surface area contributed by atoms with E-state index in [1.807, 2.05) is 18.4 Å². The highest BCUT2D eigenvalue weighted by Crippen LogP contribution is 2.25. The Bertz CT molecular complexity index is 599. The molecule has 0 fully saturated rings. The number of nitro groups is 1. The topological polar surface area (TPSA) is 106 Å². The lowest BCUT2D eigenvalue weighted by atomic mass is 10.3. The molecular weight excluding hydrogens is 266 g/mol. The molecule has 0 radical (unpaired) electrons. The highest BCUT2D eigenvalue weighted by Gasteiger charge is 2.16. The van der Waals surface area contributed by atoms with Crippen LogP contribution in [0.3, 0.4) is 0 Å². The zero-order valence-electron chi connectivity index (χ0n) is 10.2. The Hall–Kier alpha value is -2.19. The Kier molecular flexibility index (Phi) is 3.93. The Morgan fingerprint density at radius 3 is 2.84 bits per heavy atom. The number of nitrogen functional groups attached to an aromatic ring is 1. The van der Waals surface area contributed by atoms with Gasteiger partial charge in [0.2, 0.25) is 5.82 Å². The molecule has 2 heterocycles. The van der Waals surface area contributed by atoms with Crippen LogP contribution in [0, 0.1) is 17.0 Å². The number of nitrogens with zero attached hydrogens (tertiary/aromatic N) is 2. The predicted octanol–water partition coefficient (Wildman–Crippen LogP) is 2.26. The lowest BCUT2D eigenvalue weighted by molar-refractivity contribution is -0.384. The first kappa shape index (κ1) is 13.2. The maximum absolute atomic E-state index is 10.9. The fourth-order valence-corrected chi connectivity index (χ4v) is 2.40. The van der Waals surface area contributed by atoms with E-state index < -0.39 is 4.92 Å². The van der Waals surface area contributed by atoms with Gasteiger partial charge in [0, 0.05) is 10.9 Å². The number of pyridine rings is 1. The minimum atomic E-state index is -0.475. The molecule has 0 amide bonds. The molecular formula is C11H13N5O2S. The average Bonchev–Trinajstić information content (AvgIpc) is 2.81. The Labute approximate surface area is 113 Å². The highest BCUT2D eigenvalue weighted by molar-refractivity contribution is 7.10. The van der Waals surface area contributed by atoms with Crippen LogP contribution in [0.1, 0.15) is 10.4 Å². The van der Waals surface area contributed by atoms with Crippen molar-refractivity contribution in [3.63, 3.8) is 0 Å². The molecule has 0 aromatic carbocycles. The molecule has 0 aliphatic carbocycles. The van der Waals surface area contributed by atoms with Gasteiger partial charge in [0.15, 0.2) is 0 Å². The molecule has 0 spiro atoms. The van der Waals surface area contributed by atoms with E-state index in [1.54, 1.807) is 11.3 Å².